The van der Waals surface area contributed by atoms with Crippen LogP contribution in [-0.4, -0.2) is 25.2 Å². The fourth-order valence-corrected chi connectivity index (χ4v) is 3.13. The number of benzene rings is 2. The Bertz CT molecular complexity index is 665. The summed E-state index contributed by atoms with van der Waals surface area (Å²) in [4.78, 5) is 2.24. The van der Waals surface area contributed by atoms with Crippen LogP contribution in [0.5, 0.6) is 0 Å². The second-order valence-electron chi connectivity index (χ2n) is 5.93. The molecule has 0 saturated carbocycles. The van der Waals surface area contributed by atoms with Crippen molar-refractivity contribution in [1.82, 2.24) is 5.32 Å². The number of para-hydroxylation sites is 1. The first-order chi connectivity index (χ1) is 11.5. The molecule has 0 amide bonds. The number of hydrogen-bond acceptors (Lipinski definition) is 2. The highest BCUT2D eigenvalue weighted by molar-refractivity contribution is 7.80. The molecule has 0 saturated heterocycles. The highest BCUT2D eigenvalue weighted by atomic mass is 35.5. The minimum absolute atomic E-state index is 0.603. The van der Waals surface area contributed by atoms with Gasteiger partial charge in [-0.2, -0.15) is 0 Å². The molecule has 0 aromatic heterocycles. The largest absolute Gasteiger partial charge is 0.375 e. The summed E-state index contributed by atoms with van der Waals surface area (Å²) in [6.45, 7) is 5.83. The maximum Gasteiger partial charge on any atom is 0.170 e. The van der Waals surface area contributed by atoms with Gasteiger partial charge in [0.05, 0.1) is 10.7 Å². The molecule has 0 spiro atoms. The molecule has 24 heavy (non-hydrogen) atoms. The molecule has 0 heterocycles. The Hall–Kier alpha value is -1.78. The molecule has 5 heteroatoms. The van der Waals surface area contributed by atoms with Gasteiger partial charge < -0.3 is 15.5 Å². The standard InChI is InChI=1S/C19H24ClN3S/c1-14-12-15(2)18(17(20)13-14)22-19(24)21-10-7-11-23(3)16-8-5-4-6-9-16/h4-6,8-9,12-13H,7,10-11H2,1-3H3,(H2,21,22,24). The zero-order valence-corrected chi connectivity index (χ0v) is 16.0. The fourth-order valence-electron chi connectivity index (χ4n) is 2.56. The van der Waals surface area contributed by atoms with Gasteiger partial charge in [-0.1, -0.05) is 35.9 Å². The summed E-state index contributed by atoms with van der Waals surface area (Å²) in [5.74, 6) is 0. The predicted molar refractivity (Wildman–Crippen MR) is 109 cm³/mol. The average molecular weight is 362 g/mol. The van der Waals surface area contributed by atoms with Crippen molar-refractivity contribution in [2.24, 2.45) is 0 Å². The van der Waals surface area contributed by atoms with Gasteiger partial charge in [-0.3, -0.25) is 0 Å². The van der Waals surface area contributed by atoms with Crippen molar-refractivity contribution >= 4 is 40.3 Å². The first-order valence-electron chi connectivity index (χ1n) is 8.05. The van der Waals surface area contributed by atoms with Crippen molar-refractivity contribution in [3.05, 3.63) is 58.6 Å². The number of aryl methyl sites for hydroxylation is 2. The van der Waals surface area contributed by atoms with Crippen molar-refractivity contribution in [2.75, 3.05) is 30.4 Å². The van der Waals surface area contributed by atoms with E-state index in [1.54, 1.807) is 0 Å². The van der Waals surface area contributed by atoms with E-state index < -0.39 is 0 Å². The van der Waals surface area contributed by atoms with Crippen molar-refractivity contribution < 1.29 is 0 Å². The lowest BCUT2D eigenvalue weighted by atomic mass is 10.1. The molecule has 128 valence electrons. The minimum Gasteiger partial charge on any atom is -0.375 e. The van der Waals surface area contributed by atoms with Crippen molar-refractivity contribution in [1.29, 1.82) is 0 Å². The number of halogens is 1. The normalized spacial score (nSPS) is 10.3. The Labute approximate surface area is 155 Å². The van der Waals surface area contributed by atoms with Crippen LogP contribution in [0.1, 0.15) is 17.5 Å². The first-order valence-corrected chi connectivity index (χ1v) is 8.84. The zero-order valence-electron chi connectivity index (χ0n) is 14.4. The summed E-state index contributed by atoms with van der Waals surface area (Å²) in [5, 5.41) is 7.74. The van der Waals surface area contributed by atoms with Crippen LogP contribution in [0.3, 0.4) is 0 Å². The lowest BCUT2D eigenvalue weighted by Crippen LogP contribution is -2.31. The molecular formula is C19H24ClN3S. The van der Waals surface area contributed by atoms with Gasteiger partial charge in [-0.15, -0.1) is 0 Å². The number of rotatable bonds is 6. The molecule has 0 fully saturated rings. The third kappa shape index (κ3) is 5.39. The van der Waals surface area contributed by atoms with E-state index >= 15 is 0 Å². The molecule has 2 aromatic carbocycles. The van der Waals surface area contributed by atoms with Gasteiger partial charge in [0, 0.05) is 25.8 Å². The second kappa shape index (κ2) is 8.90. The summed E-state index contributed by atoms with van der Waals surface area (Å²) in [7, 11) is 2.10. The van der Waals surface area contributed by atoms with E-state index in [0.29, 0.717) is 10.1 Å². The quantitative estimate of drug-likeness (QED) is 0.572. The summed E-state index contributed by atoms with van der Waals surface area (Å²) in [6.07, 6.45) is 0.994. The molecule has 3 nitrogen and oxygen atoms in total. The van der Waals surface area contributed by atoms with Crippen LogP contribution in [0, 0.1) is 13.8 Å². The molecule has 0 bridgehead atoms. The first kappa shape index (κ1) is 18.6. The van der Waals surface area contributed by atoms with E-state index in [1.807, 2.05) is 26.0 Å². The maximum atomic E-state index is 6.29. The summed E-state index contributed by atoms with van der Waals surface area (Å²) < 4.78 is 0. The SMILES string of the molecule is Cc1cc(C)c(NC(=S)NCCCN(C)c2ccccc2)c(Cl)c1. The summed E-state index contributed by atoms with van der Waals surface area (Å²) in [5.41, 5.74) is 4.33. The Morgan fingerprint density at radius 3 is 2.54 bits per heavy atom. The zero-order chi connectivity index (χ0) is 17.5. The molecule has 2 aromatic rings. The molecular weight excluding hydrogens is 338 g/mol. The molecule has 0 atom stereocenters. The van der Waals surface area contributed by atoms with Crippen LogP contribution >= 0.6 is 23.8 Å². The van der Waals surface area contributed by atoms with Crippen molar-refractivity contribution in [3.8, 4) is 0 Å². The van der Waals surface area contributed by atoms with Gasteiger partial charge in [0.25, 0.3) is 0 Å². The van der Waals surface area contributed by atoms with E-state index in [2.05, 4.69) is 52.9 Å². The monoisotopic (exact) mass is 361 g/mol. The Morgan fingerprint density at radius 2 is 1.88 bits per heavy atom. The van der Waals surface area contributed by atoms with Crippen LogP contribution in [-0.2, 0) is 0 Å². The molecule has 0 radical (unpaired) electrons. The number of anilines is 2. The van der Waals surface area contributed by atoms with Crippen LogP contribution < -0.4 is 15.5 Å². The Morgan fingerprint density at radius 1 is 1.17 bits per heavy atom. The highest BCUT2D eigenvalue weighted by Gasteiger charge is 2.07. The molecule has 2 rings (SSSR count). The van der Waals surface area contributed by atoms with E-state index in [4.69, 9.17) is 23.8 Å². The van der Waals surface area contributed by atoms with E-state index in [1.165, 1.54) is 5.69 Å². The highest BCUT2D eigenvalue weighted by Crippen LogP contribution is 2.27. The molecule has 0 aliphatic rings. The molecule has 2 N–H and O–H groups in total. The number of thiocarbonyl (C=S) groups is 1. The smallest absolute Gasteiger partial charge is 0.170 e. The third-order valence-corrected chi connectivity index (χ3v) is 4.37. The van der Waals surface area contributed by atoms with Crippen LogP contribution in [0.4, 0.5) is 11.4 Å². The average Bonchev–Trinajstić information content (AvgIpc) is 2.55. The topological polar surface area (TPSA) is 27.3 Å². The van der Waals surface area contributed by atoms with Crippen LogP contribution in [0.2, 0.25) is 5.02 Å². The Kier molecular flexibility index (Phi) is 6.88. The second-order valence-corrected chi connectivity index (χ2v) is 6.75. The summed E-state index contributed by atoms with van der Waals surface area (Å²) >= 11 is 11.7. The number of nitrogens with one attached hydrogen (secondary N) is 2. The fraction of sp³-hybridized carbons (Fsp3) is 0.316. The molecule has 0 aliphatic heterocycles. The van der Waals surface area contributed by atoms with Gasteiger partial charge in [0.2, 0.25) is 0 Å². The van der Waals surface area contributed by atoms with Gasteiger partial charge in [-0.05, 0) is 61.8 Å². The van der Waals surface area contributed by atoms with Gasteiger partial charge >= 0.3 is 0 Å². The van der Waals surface area contributed by atoms with Crippen LogP contribution in [0.25, 0.3) is 0 Å². The van der Waals surface area contributed by atoms with E-state index in [0.717, 1.165) is 36.3 Å². The van der Waals surface area contributed by atoms with Gasteiger partial charge in [-0.25, -0.2) is 0 Å². The van der Waals surface area contributed by atoms with Gasteiger partial charge in [0.1, 0.15) is 0 Å². The van der Waals surface area contributed by atoms with E-state index in [9.17, 15) is 0 Å². The summed E-state index contributed by atoms with van der Waals surface area (Å²) in [6, 6.07) is 14.4. The van der Waals surface area contributed by atoms with E-state index in [-0.39, 0.29) is 0 Å². The molecule has 0 aliphatic carbocycles. The lowest BCUT2D eigenvalue weighted by molar-refractivity contribution is 0.755. The van der Waals surface area contributed by atoms with Crippen molar-refractivity contribution in [2.45, 2.75) is 20.3 Å². The lowest BCUT2D eigenvalue weighted by Gasteiger charge is -2.20. The number of nitrogens with zero attached hydrogens (tertiary/aromatic N) is 1. The van der Waals surface area contributed by atoms with Crippen LogP contribution in [0.15, 0.2) is 42.5 Å². The number of hydrogen-bond donors (Lipinski definition) is 2. The maximum absolute atomic E-state index is 6.29. The predicted octanol–water partition coefficient (Wildman–Crippen LogP) is 4.77. The molecule has 0 unspecified atom stereocenters. The van der Waals surface area contributed by atoms with Crippen molar-refractivity contribution in [3.63, 3.8) is 0 Å². The minimum atomic E-state index is 0.603. The Balaban J connectivity index is 1.76. The van der Waals surface area contributed by atoms with Gasteiger partial charge in [0.15, 0.2) is 5.11 Å². The third-order valence-electron chi connectivity index (χ3n) is 3.82.